The summed E-state index contributed by atoms with van der Waals surface area (Å²) in [5, 5.41) is 19.6. The van der Waals surface area contributed by atoms with Crippen LogP contribution < -0.4 is 0 Å². The van der Waals surface area contributed by atoms with E-state index >= 15 is 0 Å². The lowest BCUT2D eigenvalue weighted by atomic mass is 9.89. The molecule has 1 fully saturated rings. The molecule has 0 saturated heterocycles. The number of unbranched alkanes of at least 4 members (excludes halogenated alkanes) is 2. The number of aliphatic hydroxyl groups is 2. The zero-order chi connectivity index (χ0) is 21.0. The topological polar surface area (TPSA) is 83.8 Å². The average Bonchev–Trinajstić information content (AvgIpc) is 3.01. The Morgan fingerprint density at radius 1 is 1.32 bits per heavy atom. The molecule has 1 saturated carbocycles. The molecule has 0 aliphatic heterocycles. The van der Waals surface area contributed by atoms with Gasteiger partial charge < -0.3 is 14.9 Å². The first-order valence-electron chi connectivity index (χ1n) is 10.6. The third-order valence-corrected chi connectivity index (χ3v) is 5.51. The molecular formula is C23H38O5. The summed E-state index contributed by atoms with van der Waals surface area (Å²) in [6.45, 7) is 4.00. The van der Waals surface area contributed by atoms with Crippen LogP contribution >= 0.6 is 0 Å². The standard InChI is InChI=1S/C23H38O5/c1-4-5-16-23(2,27)17-10-11-18-14-15-20(24)19(18)12-8-6-7-9-13-21(25)22(26)28-3/h6,8,10-11,18-19,22,26-27H,4-5,7,9,12-17H2,1-3H3/t18-,19+,22?,23?/m0/s1. The second-order valence-corrected chi connectivity index (χ2v) is 8.16. The lowest BCUT2D eigenvalue weighted by molar-refractivity contribution is -0.150. The van der Waals surface area contributed by atoms with Gasteiger partial charge in [0.25, 0.3) is 0 Å². The van der Waals surface area contributed by atoms with Crippen molar-refractivity contribution in [1.82, 2.24) is 0 Å². The van der Waals surface area contributed by atoms with E-state index < -0.39 is 11.9 Å². The van der Waals surface area contributed by atoms with Crippen LogP contribution in [0.2, 0.25) is 0 Å². The molecule has 0 bridgehead atoms. The maximum atomic E-state index is 12.2. The first-order valence-corrected chi connectivity index (χ1v) is 10.6. The minimum Gasteiger partial charge on any atom is -0.390 e. The summed E-state index contributed by atoms with van der Waals surface area (Å²) in [6.07, 6.45) is 14.3. The van der Waals surface area contributed by atoms with Gasteiger partial charge in [-0.15, -0.1) is 0 Å². The zero-order valence-electron chi connectivity index (χ0n) is 17.7. The third-order valence-electron chi connectivity index (χ3n) is 5.51. The highest BCUT2D eigenvalue weighted by molar-refractivity contribution is 5.84. The Balaban J connectivity index is 2.39. The predicted octanol–water partition coefficient (Wildman–Crippen LogP) is 4.12. The van der Waals surface area contributed by atoms with E-state index in [1.807, 2.05) is 25.2 Å². The van der Waals surface area contributed by atoms with E-state index in [-0.39, 0.29) is 24.0 Å². The number of Topliss-reactive ketones (excluding diaryl/α,β-unsaturated/α-hetero) is 2. The minimum absolute atomic E-state index is 0.0186. The summed E-state index contributed by atoms with van der Waals surface area (Å²) in [6, 6.07) is 0. The fourth-order valence-corrected chi connectivity index (χ4v) is 3.64. The van der Waals surface area contributed by atoms with Crippen molar-refractivity contribution in [3.63, 3.8) is 0 Å². The maximum Gasteiger partial charge on any atom is 0.215 e. The highest BCUT2D eigenvalue weighted by atomic mass is 16.6. The number of ether oxygens (including phenoxy) is 1. The van der Waals surface area contributed by atoms with Crippen LogP contribution in [0.1, 0.15) is 78.1 Å². The van der Waals surface area contributed by atoms with Gasteiger partial charge in [-0.25, -0.2) is 0 Å². The highest BCUT2D eigenvalue weighted by Gasteiger charge is 2.31. The number of aliphatic hydroxyl groups excluding tert-OH is 1. The smallest absolute Gasteiger partial charge is 0.215 e. The van der Waals surface area contributed by atoms with Crippen LogP contribution in [0.15, 0.2) is 24.3 Å². The van der Waals surface area contributed by atoms with Crippen LogP contribution in [-0.2, 0) is 14.3 Å². The molecule has 1 aliphatic rings. The van der Waals surface area contributed by atoms with Gasteiger partial charge in [0.1, 0.15) is 5.78 Å². The molecular weight excluding hydrogens is 356 g/mol. The predicted molar refractivity (Wildman–Crippen MR) is 111 cm³/mol. The maximum absolute atomic E-state index is 12.2. The number of carbonyl (C=O) groups excluding carboxylic acids is 2. The first kappa shape index (κ1) is 24.7. The van der Waals surface area contributed by atoms with Gasteiger partial charge in [0.15, 0.2) is 5.78 Å². The Bertz CT molecular complexity index is 535. The van der Waals surface area contributed by atoms with Crippen molar-refractivity contribution < 1.29 is 24.5 Å². The fourth-order valence-electron chi connectivity index (χ4n) is 3.64. The second kappa shape index (κ2) is 13.0. The molecule has 0 aromatic rings. The monoisotopic (exact) mass is 394 g/mol. The summed E-state index contributed by atoms with van der Waals surface area (Å²) in [7, 11) is 1.30. The van der Waals surface area contributed by atoms with Crippen molar-refractivity contribution in [1.29, 1.82) is 0 Å². The SMILES string of the molecule is CCCCC(C)(O)CC=C[C@H]1CCC(=O)[C@@H]1CC=CCCCC(=O)C(O)OC. The van der Waals surface area contributed by atoms with Crippen LogP contribution in [-0.4, -0.2) is 40.8 Å². The van der Waals surface area contributed by atoms with Crippen molar-refractivity contribution >= 4 is 11.6 Å². The molecule has 28 heavy (non-hydrogen) atoms. The van der Waals surface area contributed by atoms with E-state index in [4.69, 9.17) is 0 Å². The van der Waals surface area contributed by atoms with E-state index in [1.54, 1.807) is 0 Å². The van der Waals surface area contributed by atoms with Crippen LogP contribution in [0.4, 0.5) is 0 Å². The van der Waals surface area contributed by atoms with Crippen LogP contribution in [0.25, 0.3) is 0 Å². The Morgan fingerprint density at radius 3 is 2.75 bits per heavy atom. The van der Waals surface area contributed by atoms with Crippen LogP contribution in [0, 0.1) is 11.8 Å². The molecule has 0 aromatic heterocycles. The van der Waals surface area contributed by atoms with Crippen molar-refractivity contribution in [2.24, 2.45) is 11.8 Å². The number of carbonyl (C=O) groups is 2. The molecule has 0 amide bonds. The highest BCUT2D eigenvalue weighted by Crippen LogP contribution is 2.33. The number of ketones is 2. The summed E-state index contributed by atoms with van der Waals surface area (Å²) in [4.78, 5) is 23.7. The Morgan fingerprint density at radius 2 is 2.07 bits per heavy atom. The normalized spacial score (nSPS) is 23.5. The average molecular weight is 395 g/mol. The summed E-state index contributed by atoms with van der Waals surface area (Å²) < 4.78 is 4.58. The van der Waals surface area contributed by atoms with Crippen molar-refractivity contribution in [2.45, 2.75) is 89.9 Å². The van der Waals surface area contributed by atoms with Crippen molar-refractivity contribution in [2.75, 3.05) is 7.11 Å². The van der Waals surface area contributed by atoms with E-state index in [2.05, 4.69) is 17.7 Å². The minimum atomic E-state index is -1.32. The fraction of sp³-hybridized carbons (Fsp3) is 0.739. The molecule has 2 N–H and O–H groups in total. The Hall–Kier alpha value is -1.30. The molecule has 160 valence electrons. The van der Waals surface area contributed by atoms with Crippen molar-refractivity contribution in [3.05, 3.63) is 24.3 Å². The molecule has 2 unspecified atom stereocenters. The van der Waals surface area contributed by atoms with E-state index in [1.165, 1.54) is 7.11 Å². The van der Waals surface area contributed by atoms with E-state index in [0.29, 0.717) is 31.5 Å². The van der Waals surface area contributed by atoms with Gasteiger partial charge in [0.05, 0.1) is 5.60 Å². The van der Waals surface area contributed by atoms with Gasteiger partial charge >= 0.3 is 0 Å². The molecule has 0 radical (unpaired) electrons. The summed E-state index contributed by atoms with van der Waals surface area (Å²) in [5.41, 5.74) is -0.668. The zero-order valence-corrected chi connectivity index (χ0v) is 17.7. The van der Waals surface area contributed by atoms with Gasteiger partial charge in [0, 0.05) is 25.9 Å². The lowest BCUT2D eigenvalue weighted by Crippen LogP contribution is -2.22. The Labute approximate surface area is 169 Å². The summed E-state index contributed by atoms with van der Waals surface area (Å²) >= 11 is 0. The first-order chi connectivity index (χ1) is 13.3. The van der Waals surface area contributed by atoms with Gasteiger partial charge in [-0.2, -0.15) is 0 Å². The van der Waals surface area contributed by atoms with E-state index in [0.717, 1.165) is 32.1 Å². The van der Waals surface area contributed by atoms with Gasteiger partial charge in [-0.3, -0.25) is 9.59 Å². The second-order valence-electron chi connectivity index (χ2n) is 8.16. The van der Waals surface area contributed by atoms with Gasteiger partial charge in [0.2, 0.25) is 6.29 Å². The van der Waals surface area contributed by atoms with E-state index in [9.17, 15) is 19.8 Å². The van der Waals surface area contributed by atoms with Gasteiger partial charge in [-0.05, 0) is 51.4 Å². The molecule has 0 heterocycles. The number of hydrogen-bond donors (Lipinski definition) is 2. The molecule has 5 heteroatoms. The van der Waals surface area contributed by atoms with Crippen LogP contribution in [0.3, 0.4) is 0 Å². The van der Waals surface area contributed by atoms with Crippen LogP contribution in [0.5, 0.6) is 0 Å². The molecule has 5 nitrogen and oxygen atoms in total. The molecule has 0 spiro atoms. The van der Waals surface area contributed by atoms with Crippen molar-refractivity contribution in [3.8, 4) is 0 Å². The number of rotatable bonds is 14. The molecule has 4 atom stereocenters. The third kappa shape index (κ3) is 9.26. The largest absolute Gasteiger partial charge is 0.390 e. The molecule has 1 rings (SSSR count). The number of methoxy groups -OCH3 is 1. The molecule has 1 aliphatic carbocycles. The number of allylic oxidation sites excluding steroid dienone is 3. The molecule has 0 aromatic carbocycles. The summed E-state index contributed by atoms with van der Waals surface area (Å²) in [5.74, 6) is 0.278. The number of hydrogen-bond acceptors (Lipinski definition) is 5. The Kier molecular flexibility index (Phi) is 11.5. The lowest BCUT2D eigenvalue weighted by Gasteiger charge is -2.21. The van der Waals surface area contributed by atoms with Gasteiger partial charge in [-0.1, -0.05) is 44.1 Å². The quantitative estimate of drug-likeness (QED) is 0.263.